The second-order valence-electron chi connectivity index (χ2n) is 4.90. The summed E-state index contributed by atoms with van der Waals surface area (Å²) in [5.74, 6) is -0.191. The third-order valence-corrected chi connectivity index (χ3v) is 4.83. The molecule has 0 fully saturated rings. The molecule has 0 aliphatic heterocycles. The molecule has 1 heterocycles. The first kappa shape index (κ1) is 15.8. The molecule has 0 atom stereocenters. The molecule has 1 N–H and O–H groups in total. The highest BCUT2D eigenvalue weighted by molar-refractivity contribution is 7.19. The molecule has 0 bridgehead atoms. The van der Waals surface area contributed by atoms with Gasteiger partial charge in [0.2, 0.25) is 11.8 Å². The van der Waals surface area contributed by atoms with Crippen molar-refractivity contribution in [2.24, 2.45) is 0 Å². The summed E-state index contributed by atoms with van der Waals surface area (Å²) in [6.45, 7) is 0.396. The summed E-state index contributed by atoms with van der Waals surface area (Å²) in [7, 11) is 3.36. The zero-order valence-electron chi connectivity index (χ0n) is 12.0. The third kappa shape index (κ3) is 3.95. The van der Waals surface area contributed by atoms with Crippen molar-refractivity contribution in [2.45, 2.75) is 19.4 Å². The predicted octanol–water partition coefficient (Wildman–Crippen LogP) is 3.04. The van der Waals surface area contributed by atoms with Crippen molar-refractivity contribution in [3.8, 4) is 0 Å². The lowest BCUT2D eigenvalue weighted by molar-refractivity contribution is -0.131. The maximum Gasteiger partial charge on any atom is 0.222 e. The van der Waals surface area contributed by atoms with Crippen LogP contribution < -0.4 is 5.32 Å². The Bertz CT molecular complexity index is 667. The van der Waals surface area contributed by atoms with Crippen molar-refractivity contribution < 1.29 is 9.59 Å². The van der Waals surface area contributed by atoms with E-state index in [-0.39, 0.29) is 24.7 Å². The van der Waals surface area contributed by atoms with Crippen LogP contribution in [0.25, 0.3) is 10.1 Å². The number of carbonyl (C=O) groups is 2. The van der Waals surface area contributed by atoms with E-state index in [1.165, 1.54) is 4.90 Å². The van der Waals surface area contributed by atoms with Gasteiger partial charge in [0.05, 0.1) is 11.6 Å². The van der Waals surface area contributed by atoms with Crippen LogP contribution in [-0.2, 0) is 16.1 Å². The maximum absolute atomic E-state index is 11.7. The molecule has 0 spiro atoms. The molecule has 112 valence electrons. The molecule has 1 aromatic heterocycles. The number of rotatable bonds is 5. The maximum atomic E-state index is 11.7. The van der Waals surface area contributed by atoms with Gasteiger partial charge in [-0.05, 0) is 6.07 Å². The average Bonchev–Trinajstić information content (AvgIpc) is 2.79. The quantitative estimate of drug-likeness (QED) is 0.919. The van der Waals surface area contributed by atoms with Gasteiger partial charge in [0.25, 0.3) is 0 Å². The summed E-state index contributed by atoms with van der Waals surface area (Å²) in [4.78, 5) is 25.6. The Kier molecular flexibility index (Phi) is 5.20. The second kappa shape index (κ2) is 6.91. The number of hydrogen-bond acceptors (Lipinski definition) is 3. The molecule has 0 saturated heterocycles. The molecule has 6 heteroatoms. The number of amides is 2. The number of fused-ring (bicyclic) bond motifs is 1. The highest BCUT2D eigenvalue weighted by Crippen LogP contribution is 2.34. The molecule has 0 radical (unpaired) electrons. The molecule has 0 saturated carbocycles. The lowest BCUT2D eigenvalue weighted by Gasteiger charge is -2.09. The Hall–Kier alpha value is -1.59. The fraction of sp³-hybridized carbons (Fsp3) is 0.333. The largest absolute Gasteiger partial charge is 0.351 e. The fourth-order valence-electron chi connectivity index (χ4n) is 1.89. The van der Waals surface area contributed by atoms with E-state index < -0.39 is 0 Å². The van der Waals surface area contributed by atoms with Crippen molar-refractivity contribution in [1.82, 2.24) is 10.2 Å². The van der Waals surface area contributed by atoms with Gasteiger partial charge in [-0.2, -0.15) is 0 Å². The van der Waals surface area contributed by atoms with Gasteiger partial charge in [-0.25, -0.2) is 0 Å². The number of hydrogen-bond donors (Lipinski definition) is 1. The Balaban J connectivity index is 1.91. The summed E-state index contributed by atoms with van der Waals surface area (Å²) in [6, 6.07) is 7.88. The van der Waals surface area contributed by atoms with Crippen LogP contribution in [0.1, 0.15) is 17.7 Å². The Morgan fingerprint density at radius 2 is 1.95 bits per heavy atom. The smallest absolute Gasteiger partial charge is 0.222 e. The topological polar surface area (TPSA) is 49.4 Å². The van der Waals surface area contributed by atoms with Gasteiger partial charge in [0.1, 0.15) is 0 Å². The number of nitrogens with one attached hydrogen (secondary N) is 1. The van der Waals surface area contributed by atoms with E-state index in [2.05, 4.69) is 5.32 Å². The van der Waals surface area contributed by atoms with Crippen LogP contribution in [0.2, 0.25) is 5.02 Å². The van der Waals surface area contributed by atoms with E-state index in [1.807, 2.05) is 24.3 Å². The number of nitrogens with zero attached hydrogens (tertiary/aromatic N) is 1. The van der Waals surface area contributed by atoms with Crippen LogP contribution in [0.5, 0.6) is 0 Å². The number of benzene rings is 1. The van der Waals surface area contributed by atoms with Crippen molar-refractivity contribution in [2.75, 3.05) is 14.1 Å². The molecular weight excluding hydrogens is 308 g/mol. The minimum atomic E-state index is -0.140. The van der Waals surface area contributed by atoms with E-state index in [4.69, 9.17) is 11.6 Å². The van der Waals surface area contributed by atoms with Gasteiger partial charge >= 0.3 is 0 Å². The SMILES string of the molecule is CN(C)C(=O)CCC(=O)NCc1sc2ccccc2c1Cl. The zero-order chi connectivity index (χ0) is 15.4. The first-order valence-electron chi connectivity index (χ1n) is 6.62. The van der Waals surface area contributed by atoms with Crippen LogP contribution >= 0.6 is 22.9 Å². The van der Waals surface area contributed by atoms with E-state index in [0.717, 1.165) is 15.0 Å². The Morgan fingerprint density at radius 3 is 2.62 bits per heavy atom. The van der Waals surface area contributed by atoms with Crippen LogP contribution in [0.3, 0.4) is 0 Å². The zero-order valence-corrected chi connectivity index (χ0v) is 13.6. The lowest BCUT2D eigenvalue weighted by atomic mass is 10.2. The summed E-state index contributed by atoms with van der Waals surface area (Å²) >= 11 is 7.88. The van der Waals surface area contributed by atoms with E-state index in [9.17, 15) is 9.59 Å². The van der Waals surface area contributed by atoms with Crippen LogP contribution in [0.4, 0.5) is 0 Å². The minimum Gasteiger partial charge on any atom is -0.351 e. The van der Waals surface area contributed by atoms with Crippen molar-refractivity contribution >= 4 is 44.8 Å². The standard InChI is InChI=1S/C15H17ClN2O2S/c1-18(2)14(20)8-7-13(19)17-9-12-15(16)10-5-3-4-6-11(10)21-12/h3-6H,7-9H2,1-2H3,(H,17,19). The molecule has 21 heavy (non-hydrogen) atoms. The van der Waals surface area contributed by atoms with Crippen LogP contribution in [-0.4, -0.2) is 30.8 Å². The van der Waals surface area contributed by atoms with Gasteiger partial charge < -0.3 is 10.2 Å². The molecule has 0 aliphatic rings. The summed E-state index contributed by atoms with van der Waals surface area (Å²) < 4.78 is 1.11. The first-order valence-corrected chi connectivity index (χ1v) is 7.81. The first-order chi connectivity index (χ1) is 9.99. The van der Waals surface area contributed by atoms with Crippen molar-refractivity contribution in [3.63, 3.8) is 0 Å². The van der Waals surface area contributed by atoms with E-state index in [1.54, 1.807) is 25.4 Å². The van der Waals surface area contributed by atoms with Gasteiger partial charge in [-0.3, -0.25) is 9.59 Å². The molecule has 0 aliphatic carbocycles. The molecule has 2 aromatic rings. The molecule has 0 unspecified atom stereocenters. The summed E-state index contributed by atoms with van der Waals surface area (Å²) in [5.41, 5.74) is 0. The average molecular weight is 325 g/mol. The molecule has 4 nitrogen and oxygen atoms in total. The lowest BCUT2D eigenvalue weighted by Crippen LogP contribution is -2.26. The van der Waals surface area contributed by atoms with E-state index in [0.29, 0.717) is 11.6 Å². The van der Waals surface area contributed by atoms with Crippen molar-refractivity contribution in [1.29, 1.82) is 0 Å². The highest BCUT2D eigenvalue weighted by atomic mass is 35.5. The second-order valence-corrected chi connectivity index (χ2v) is 6.41. The monoisotopic (exact) mass is 324 g/mol. The van der Waals surface area contributed by atoms with E-state index >= 15 is 0 Å². The fourth-order valence-corrected chi connectivity index (χ4v) is 3.33. The molecule has 1 aromatic carbocycles. The minimum absolute atomic E-state index is 0.0509. The molecule has 2 amide bonds. The Morgan fingerprint density at radius 1 is 1.24 bits per heavy atom. The third-order valence-electron chi connectivity index (χ3n) is 3.11. The molecule has 2 rings (SSSR count). The Labute approximate surface area is 132 Å². The number of halogens is 1. The number of carbonyl (C=O) groups excluding carboxylic acids is 2. The number of thiophene rings is 1. The molecular formula is C15H17ClN2O2S. The van der Waals surface area contributed by atoms with Gasteiger partial charge in [-0.15, -0.1) is 11.3 Å². The summed E-state index contributed by atoms with van der Waals surface area (Å²) in [6.07, 6.45) is 0.415. The van der Waals surface area contributed by atoms with Gasteiger partial charge in [0.15, 0.2) is 0 Å². The van der Waals surface area contributed by atoms with Crippen molar-refractivity contribution in [3.05, 3.63) is 34.2 Å². The predicted molar refractivity (Wildman–Crippen MR) is 86.6 cm³/mol. The van der Waals surface area contributed by atoms with Gasteiger partial charge in [0, 0.05) is 41.9 Å². The van der Waals surface area contributed by atoms with Gasteiger partial charge in [-0.1, -0.05) is 29.8 Å². The van der Waals surface area contributed by atoms with Crippen LogP contribution in [0.15, 0.2) is 24.3 Å². The normalized spacial score (nSPS) is 10.6. The summed E-state index contributed by atoms with van der Waals surface area (Å²) in [5, 5.41) is 4.52. The van der Waals surface area contributed by atoms with Crippen LogP contribution in [0, 0.1) is 0 Å². The highest BCUT2D eigenvalue weighted by Gasteiger charge is 2.12.